The zero-order valence-electron chi connectivity index (χ0n) is 8.83. The van der Waals surface area contributed by atoms with Gasteiger partial charge >= 0.3 is 0 Å². The van der Waals surface area contributed by atoms with Crippen LogP contribution in [0.3, 0.4) is 0 Å². The van der Waals surface area contributed by atoms with E-state index in [4.69, 9.17) is 6.42 Å². The quantitative estimate of drug-likeness (QED) is 0.715. The van der Waals surface area contributed by atoms with E-state index in [0.29, 0.717) is 6.04 Å². The molecule has 14 heavy (non-hydrogen) atoms. The summed E-state index contributed by atoms with van der Waals surface area (Å²) in [5.41, 5.74) is 1.26. The highest BCUT2D eigenvalue weighted by molar-refractivity contribution is 5.20. The monoisotopic (exact) mass is 187 g/mol. The highest BCUT2D eigenvalue weighted by atomic mass is 14.9. The zero-order chi connectivity index (χ0) is 10.4. The van der Waals surface area contributed by atoms with E-state index in [9.17, 15) is 0 Å². The molecule has 0 aliphatic rings. The van der Waals surface area contributed by atoms with Crippen molar-refractivity contribution in [3.63, 3.8) is 0 Å². The van der Waals surface area contributed by atoms with Crippen LogP contribution in [0.2, 0.25) is 0 Å². The second-order valence-corrected chi connectivity index (χ2v) is 3.69. The van der Waals surface area contributed by atoms with E-state index in [0.717, 1.165) is 6.42 Å². The first kappa shape index (κ1) is 10.8. The minimum atomic E-state index is 0.279. The minimum absolute atomic E-state index is 0.279. The van der Waals surface area contributed by atoms with E-state index >= 15 is 0 Å². The zero-order valence-corrected chi connectivity index (χ0v) is 8.83. The third-order valence-electron chi connectivity index (χ3n) is 2.06. The molecule has 0 saturated carbocycles. The van der Waals surface area contributed by atoms with Crippen molar-refractivity contribution >= 4 is 0 Å². The Labute approximate surface area is 86.5 Å². The Balaban J connectivity index is 2.73. The Morgan fingerprint density at radius 3 is 2.43 bits per heavy atom. The van der Waals surface area contributed by atoms with Crippen molar-refractivity contribution in [1.82, 2.24) is 5.32 Å². The molecule has 0 amide bonds. The number of rotatable bonds is 4. The van der Waals surface area contributed by atoms with Crippen molar-refractivity contribution in [2.75, 3.05) is 0 Å². The molecule has 1 atom stereocenters. The molecule has 1 nitrogen and oxygen atoms in total. The number of nitrogens with one attached hydrogen (secondary N) is 1. The van der Waals surface area contributed by atoms with Gasteiger partial charge < -0.3 is 5.32 Å². The van der Waals surface area contributed by atoms with Gasteiger partial charge in [0.2, 0.25) is 0 Å². The van der Waals surface area contributed by atoms with Gasteiger partial charge in [0.25, 0.3) is 0 Å². The average molecular weight is 187 g/mol. The summed E-state index contributed by atoms with van der Waals surface area (Å²) in [6.45, 7) is 4.26. The standard InChI is InChI=1S/C13H17N/c1-4-8-13(14-11(2)3)12-9-6-5-7-10-12/h1,5-7,9-11,13-14H,8H2,2-3H3. The molecule has 0 heterocycles. The van der Waals surface area contributed by atoms with Crippen molar-refractivity contribution < 1.29 is 0 Å². The first-order chi connectivity index (χ1) is 6.74. The molecule has 1 rings (SSSR count). The van der Waals surface area contributed by atoms with Crippen LogP contribution in [0.5, 0.6) is 0 Å². The molecule has 0 aromatic heterocycles. The van der Waals surface area contributed by atoms with E-state index in [1.54, 1.807) is 0 Å². The van der Waals surface area contributed by atoms with Gasteiger partial charge in [-0.25, -0.2) is 0 Å². The van der Waals surface area contributed by atoms with Gasteiger partial charge in [-0.1, -0.05) is 44.2 Å². The van der Waals surface area contributed by atoms with Gasteiger partial charge in [0.15, 0.2) is 0 Å². The van der Waals surface area contributed by atoms with Crippen molar-refractivity contribution in [3.05, 3.63) is 35.9 Å². The third-order valence-corrected chi connectivity index (χ3v) is 2.06. The average Bonchev–Trinajstić information content (AvgIpc) is 2.18. The number of hydrogen-bond donors (Lipinski definition) is 1. The molecule has 1 heteroatoms. The van der Waals surface area contributed by atoms with Crippen molar-refractivity contribution in [1.29, 1.82) is 0 Å². The third kappa shape index (κ3) is 3.24. The number of terminal acetylenes is 1. The van der Waals surface area contributed by atoms with Crippen LogP contribution in [-0.4, -0.2) is 6.04 Å². The fourth-order valence-corrected chi connectivity index (χ4v) is 1.48. The van der Waals surface area contributed by atoms with E-state index in [2.05, 4.69) is 37.2 Å². The van der Waals surface area contributed by atoms with Crippen LogP contribution in [0.25, 0.3) is 0 Å². The van der Waals surface area contributed by atoms with E-state index in [-0.39, 0.29) is 6.04 Å². The van der Waals surface area contributed by atoms with Gasteiger partial charge in [0.05, 0.1) is 0 Å². The fraction of sp³-hybridized carbons (Fsp3) is 0.385. The molecule has 0 aliphatic heterocycles. The van der Waals surface area contributed by atoms with E-state index < -0.39 is 0 Å². The maximum Gasteiger partial charge on any atom is 0.0432 e. The molecule has 0 bridgehead atoms. The Bertz CT molecular complexity index is 295. The van der Waals surface area contributed by atoms with Crippen molar-refractivity contribution in [2.24, 2.45) is 0 Å². The normalized spacial score (nSPS) is 12.4. The predicted octanol–water partition coefficient (Wildman–Crippen LogP) is 2.75. The van der Waals surface area contributed by atoms with Crippen LogP contribution in [-0.2, 0) is 0 Å². The number of hydrogen-bond acceptors (Lipinski definition) is 1. The topological polar surface area (TPSA) is 12.0 Å². The van der Waals surface area contributed by atoms with E-state index in [1.165, 1.54) is 5.56 Å². The summed E-state index contributed by atoms with van der Waals surface area (Å²) in [5, 5.41) is 3.45. The summed E-state index contributed by atoms with van der Waals surface area (Å²) >= 11 is 0. The molecule has 1 aromatic rings. The van der Waals surface area contributed by atoms with Crippen LogP contribution in [0, 0.1) is 12.3 Å². The maximum absolute atomic E-state index is 5.35. The molecule has 1 N–H and O–H groups in total. The highest BCUT2D eigenvalue weighted by Gasteiger charge is 2.09. The molecule has 1 aromatic carbocycles. The summed E-state index contributed by atoms with van der Waals surface area (Å²) in [6.07, 6.45) is 6.09. The second kappa shape index (κ2) is 5.47. The Morgan fingerprint density at radius 2 is 1.93 bits per heavy atom. The summed E-state index contributed by atoms with van der Waals surface area (Å²) in [5.74, 6) is 2.71. The Kier molecular flexibility index (Phi) is 4.22. The summed E-state index contributed by atoms with van der Waals surface area (Å²) in [4.78, 5) is 0. The minimum Gasteiger partial charge on any atom is -0.307 e. The molecule has 0 spiro atoms. The molecule has 0 fully saturated rings. The Hall–Kier alpha value is -1.26. The largest absolute Gasteiger partial charge is 0.307 e. The first-order valence-electron chi connectivity index (χ1n) is 4.98. The van der Waals surface area contributed by atoms with Crippen LogP contribution < -0.4 is 5.32 Å². The lowest BCUT2D eigenvalue weighted by molar-refractivity contribution is 0.485. The second-order valence-electron chi connectivity index (χ2n) is 3.69. The van der Waals surface area contributed by atoms with Gasteiger partial charge in [-0.2, -0.15) is 0 Å². The maximum atomic E-state index is 5.35. The van der Waals surface area contributed by atoms with E-state index in [1.807, 2.05) is 18.2 Å². The lowest BCUT2D eigenvalue weighted by Crippen LogP contribution is -2.27. The molecule has 74 valence electrons. The van der Waals surface area contributed by atoms with Crippen LogP contribution in [0.1, 0.15) is 31.9 Å². The molecule has 0 radical (unpaired) electrons. The van der Waals surface area contributed by atoms with Crippen LogP contribution in [0.4, 0.5) is 0 Å². The highest BCUT2D eigenvalue weighted by Crippen LogP contribution is 2.16. The molecule has 0 saturated heterocycles. The van der Waals surface area contributed by atoms with Gasteiger partial charge in [-0.15, -0.1) is 12.3 Å². The lowest BCUT2D eigenvalue weighted by Gasteiger charge is -2.19. The SMILES string of the molecule is C#CCC(NC(C)C)c1ccccc1. The molecule has 0 aliphatic carbocycles. The number of benzene rings is 1. The van der Waals surface area contributed by atoms with Gasteiger partial charge in [-0.05, 0) is 5.56 Å². The summed E-state index contributed by atoms with van der Waals surface area (Å²) in [7, 11) is 0. The summed E-state index contributed by atoms with van der Waals surface area (Å²) in [6, 6.07) is 11.1. The van der Waals surface area contributed by atoms with Crippen LogP contribution in [0.15, 0.2) is 30.3 Å². The van der Waals surface area contributed by atoms with Gasteiger partial charge in [0.1, 0.15) is 0 Å². The Morgan fingerprint density at radius 1 is 1.29 bits per heavy atom. The summed E-state index contributed by atoms with van der Waals surface area (Å²) < 4.78 is 0. The fourth-order valence-electron chi connectivity index (χ4n) is 1.48. The van der Waals surface area contributed by atoms with Gasteiger partial charge in [-0.3, -0.25) is 0 Å². The van der Waals surface area contributed by atoms with Crippen LogP contribution >= 0.6 is 0 Å². The van der Waals surface area contributed by atoms with Gasteiger partial charge in [0, 0.05) is 18.5 Å². The predicted molar refractivity (Wildman–Crippen MR) is 60.9 cm³/mol. The molecular formula is C13H17N. The van der Waals surface area contributed by atoms with Crippen molar-refractivity contribution in [2.45, 2.75) is 32.4 Å². The smallest absolute Gasteiger partial charge is 0.0432 e. The first-order valence-corrected chi connectivity index (χ1v) is 4.98. The molecular weight excluding hydrogens is 170 g/mol. The van der Waals surface area contributed by atoms with Crippen molar-refractivity contribution in [3.8, 4) is 12.3 Å². The molecule has 1 unspecified atom stereocenters. The lowest BCUT2D eigenvalue weighted by atomic mass is 10.0.